The highest BCUT2D eigenvalue weighted by Crippen LogP contribution is 2.36. The Morgan fingerprint density at radius 2 is 1.96 bits per heavy atom. The van der Waals surface area contributed by atoms with Crippen molar-refractivity contribution >= 4 is 5.91 Å². The topological polar surface area (TPSA) is 99.8 Å². The van der Waals surface area contributed by atoms with E-state index in [9.17, 15) is 4.79 Å². The number of rotatable bonds is 7. The number of nitrogens with zero attached hydrogens (tertiary/aromatic N) is 4. The van der Waals surface area contributed by atoms with E-state index in [0.717, 1.165) is 0 Å². The number of hydrogen-bond acceptors (Lipinski definition) is 8. The molecule has 0 N–H and O–H groups in total. The third-order valence-corrected chi connectivity index (χ3v) is 4.69. The maximum atomic E-state index is 15.3. The molecule has 2 aromatic heterocycles. The van der Waals surface area contributed by atoms with Gasteiger partial charge in [0.1, 0.15) is 5.56 Å². The molecule has 0 aromatic carbocycles. The fraction of sp³-hybridized carbons (Fsp3) is 0.556. The Bertz CT molecular complexity index is 820. The van der Waals surface area contributed by atoms with Gasteiger partial charge >= 0.3 is 0 Å². The summed E-state index contributed by atoms with van der Waals surface area (Å²) in [6, 6.07) is 3.17. The molecular formula is C18H23FN4O5. The van der Waals surface area contributed by atoms with E-state index in [4.69, 9.17) is 18.7 Å². The van der Waals surface area contributed by atoms with Crippen molar-refractivity contribution in [2.24, 2.45) is 0 Å². The van der Waals surface area contributed by atoms with Crippen LogP contribution in [0.1, 0.15) is 34.9 Å². The van der Waals surface area contributed by atoms with E-state index in [2.05, 4.69) is 15.1 Å². The summed E-state index contributed by atoms with van der Waals surface area (Å²) in [6.45, 7) is 0.846. The molecule has 1 aliphatic heterocycles. The lowest BCUT2D eigenvalue weighted by Gasteiger charge is -2.34. The molecule has 0 saturated carbocycles. The van der Waals surface area contributed by atoms with E-state index < -0.39 is 5.67 Å². The van der Waals surface area contributed by atoms with Crippen LogP contribution in [0.4, 0.5) is 4.39 Å². The second kappa shape index (κ2) is 8.51. The average molecular weight is 394 g/mol. The Hall–Kier alpha value is -2.75. The van der Waals surface area contributed by atoms with Crippen molar-refractivity contribution < 1.29 is 27.9 Å². The Kier molecular flexibility index (Phi) is 6.08. The summed E-state index contributed by atoms with van der Waals surface area (Å²) < 4.78 is 35.6. The number of pyridine rings is 1. The first-order valence-corrected chi connectivity index (χ1v) is 8.90. The molecule has 0 radical (unpaired) electrons. The van der Waals surface area contributed by atoms with E-state index in [-0.39, 0.29) is 43.6 Å². The van der Waals surface area contributed by atoms with Gasteiger partial charge in [-0.15, -0.1) is 0 Å². The number of likely N-dealkylation sites (tertiary alicyclic amines) is 1. The van der Waals surface area contributed by atoms with Crippen LogP contribution >= 0.6 is 0 Å². The maximum Gasteiger partial charge on any atom is 0.264 e. The van der Waals surface area contributed by atoms with Crippen LogP contribution in [0.3, 0.4) is 0 Å². The van der Waals surface area contributed by atoms with E-state index in [1.165, 1.54) is 14.2 Å². The predicted molar refractivity (Wildman–Crippen MR) is 95.1 cm³/mol. The van der Waals surface area contributed by atoms with Crippen molar-refractivity contribution in [3.8, 4) is 11.8 Å². The fourth-order valence-corrected chi connectivity index (χ4v) is 3.03. The number of halogens is 1. The van der Waals surface area contributed by atoms with Crippen LogP contribution in [-0.2, 0) is 16.8 Å². The second-order valence-corrected chi connectivity index (χ2v) is 6.43. The van der Waals surface area contributed by atoms with Crippen LogP contribution in [0.5, 0.6) is 11.8 Å². The van der Waals surface area contributed by atoms with Gasteiger partial charge in [0.25, 0.3) is 11.8 Å². The van der Waals surface area contributed by atoms with Gasteiger partial charge in [0.2, 0.25) is 11.8 Å². The molecule has 1 fully saturated rings. The number of piperidine rings is 1. The molecule has 10 heteroatoms. The largest absolute Gasteiger partial charge is 0.481 e. The maximum absolute atomic E-state index is 15.3. The van der Waals surface area contributed by atoms with Gasteiger partial charge in [-0.25, -0.2) is 4.39 Å². The molecule has 0 aliphatic carbocycles. The molecule has 2 aromatic rings. The zero-order valence-electron chi connectivity index (χ0n) is 16.1. The van der Waals surface area contributed by atoms with Gasteiger partial charge in [0, 0.05) is 45.5 Å². The van der Waals surface area contributed by atoms with E-state index in [1.807, 2.05) is 0 Å². The monoisotopic (exact) mass is 394 g/mol. The van der Waals surface area contributed by atoms with Crippen molar-refractivity contribution in [3.63, 3.8) is 0 Å². The molecule has 152 valence electrons. The molecule has 1 amide bonds. The van der Waals surface area contributed by atoms with Crippen LogP contribution in [0.2, 0.25) is 0 Å². The number of ether oxygens (including phenoxy) is 3. The van der Waals surface area contributed by atoms with Gasteiger partial charge in [-0.2, -0.15) is 9.97 Å². The molecule has 28 heavy (non-hydrogen) atoms. The molecule has 1 aliphatic rings. The summed E-state index contributed by atoms with van der Waals surface area (Å²) in [5.41, 5.74) is -1.45. The van der Waals surface area contributed by atoms with Gasteiger partial charge in [-0.3, -0.25) is 4.79 Å². The Labute approximate surface area is 161 Å². The SMILES string of the molecule is COCCc1noc(C2(F)CCN(C(=O)c3ccc(OC)nc3OC)CC2)n1. The first-order chi connectivity index (χ1) is 13.5. The summed E-state index contributed by atoms with van der Waals surface area (Å²) >= 11 is 0. The van der Waals surface area contributed by atoms with Crippen LogP contribution in [0.15, 0.2) is 16.7 Å². The highest BCUT2D eigenvalue weighted by molar-refractivity contribution is 5.96. The van der Waals surface area contributed by atoms with Crippen molar-refractivity contribution in [3.05, 3.63) is 29.4 Å². The zero-order valence-corrected chi connectivity index (χ0v) is 16.1. The second-order valence-electron chi connectivity index (χ2n) is 6.43. The number of aromatic nitrogens is 3. The quantitative estimate of drug-likeness (QED) is 0.701. The van der Waals surface area contributed by atoms with Crippen LogP contribution in [0.25, 0.3) is 0 Å². The van der Waals surface area contributed by atoms with Gasteiger partial charge < -0.3 is 23.6 Å². The molecule has 3 heterocycles. The number of hydrogen-bond donors (Lipinski definition) is 0. The summed E-state index contributed by atoms with van der Waals surface area (Å²) in [5, 5.41) is 3.79. The summed E-state index contributed by atoms with van der Waals surface area (Å²) in [7, 11) is 4.47. The van der Waals surface area contributed by atoms with Crippen LogP contribution < -0.4 is 9.47 Å². The minimum atomic E-state index is -1.75. The zero-order chi connectivity index (χ0) is 20.1. The summed E-state index contributed by atoms with van der Waals surface area (Å²) in [5.74, 6) is 0.591. The molecule has 1 saturated heterocycles. The van der Waals surface area contributed by atoms with Crippen LogP contribution in [-0.4, -0.2) is 67.0 Å². The summed E-state index contributed by atoms with van der Waals surface area (Å²) in [6.07, 6.45) is 0.581. The molecule has 0 unspecified atom stereocenters. The average Bonchev–Trinajstić information content (AvgIpc) is 3.21. The highest BCUT2D eigenvalue weighted by atomic mass is 19.1. The first-order valence-electron chi connectivity index (χ1n) is 8.90. The molecule has 9 nitrogen and oxygen atoms in total. The minimum absolute atomic E-state index is 0.0469. The fourth-order valence-electron chi connectivity index (χ4n) is 3.03. The third kappa shape index (κ3) is 4.06. The number of carbonyl (C=O) groups excluding carboxylic acids is 1. The van der Waals surface area contributed by atoms with Gasteiger partial charge in [0.05, 0.1) is 20.8 Å². The number of amides is 1. The van der Waals surface area contributed by atoms with E-state index >= 15 is 4.39 Å². The van der Waals surface area contributed by atoms with Gasteiger partial charge in [-0.05, 0) is 6.07 Å². The van der Waals surface area contributed by atoms with Crippen molar-refractivity contribution in [2.45, 2.75) is 24.9 Å². The van der Waals surface area contributed by atoms with Crippen LogP contribution in [0, 0.1) is 0 Å². The number of methoxy groups -OCH3 is 3. The molecule has 0 spiro atoms. The van der Waals surface area contributed by atoms with Crippen molar-refractivity contribution in [2.75, 3.05) is 41.0 Å². The predicted octanol–water partition coefficient (Wildman–Crippen LogP) is 1.77. The smallest absolute Gasteiger partial charge is 0.264 e. The Morgan fingerprint density at radius 3 is 2.61 bits per heavy atom. The number of alkyl halides is 1. The minimum Gasteiger partial charge on any atom is -0.481 e. The normalized spacial score (nSPS) is 16.1. The Morgan fingerprint density at radius 1 is 1.21 bits per heavy atom. The highest BCUT2D eigenvalue weighted by Gasteiger charge is 2.42. The third-order valence-electron chi connectivity index (χ3n) is 4.69. The molecular weight excluding hydrogens is 371 g/mol. The van der Waals surface area contributed by atoms with Crippen molar-refractivity contribution in [1.82, 2.24) is 20.0 Å². The first kappa shape index (κ1) is 20.0. The van der Waals surface area contributed by atoms with Gasteiger partial charge in [0.15, 0.2) is 11.5 Å². The Balaban J connectivity index is 1.67. The lowest BCUT2D eigenvalue weighted by atomic mass is 9.93. The number of carbonyl (C=O) groups is 1. The molecule has 0 bridgehead atoms. The molecule has 0 atom stereocenters. The molecule has 3 rings (SSSR count). The van der Waals surface area contributed by atoms with Gasteiger partial charge in [-0.1, -0.05) is 5.16 Å². The standard InChI is InChI=1S/C18H23FN4O5/c1-25-11-6-13-20-17(28-22-13)18(19)7-9-23(10-8-18)16(24)12-4-5-14(26-2)21-15(12)27-3/h4-5H,6-11H2,1-3H3. The lowest BCUT2D eigenvalue weighted by molar-refractivity contribution is 0.0247. The van der Waals surface area contributed by atoms with E-state index in [0.29, 0.717) is 30.3 Å². The lowest BCUT2D eigenvalue weighted by Crippen LogP contribution is -2.43. The van der Waals surface area contributed by atoms with E-state index in [1.54, 1.807) is 24.1 Å². The summed E-state index contributed by atoms with van der Waals surface area (Å²) in [4.78, 5) is 22.6. The van der Waals surface area contributed by atoms with Crippen molar-refractivity contribution in [1.29, 1.82) is 0 Å².